The minimum absolute atomic E-state index is 0.00938. The van der Waals surface area contributed by atoms with Crippen molar-refractivity contribution in [1.82, 2.24) is 0 Å². The summed E-state index contributed by atoms with van der Waals surface area (Å²) in [5.41, 5.74) is 2.02. The van der Waals surface area contributed by atoms with Gasteiger partial charge in [-0.1, -0.05) is 30.3 Å². The van der Waals surface area contributed by atoms with E-state index in [1.165, 1.54) is 12.8 Å². The van der Waals surface area contributed by atoms with Gasteiger partial charge in [-0.15, -0.1) is 0 Å². The van der Waals surface area contributed by atoms with E-state index in [2.05, 4.69) is 0 Å². The van der Waals surface area contributed by atoms with Crippen molar-refractivity contribution >= 4 is 11.0 Å². The standard InChI is InChI=1S/C20H18O3/c21-20-17-11-10-16(23-15-8-4-5-9-15)12-19(17)22-13-18(20)14-6-2-1-3-7-14/h1-3,6-7,10-13,15H,4-5,8-9H2. The maximum absolute atomic E-state index is 12.7. The van der Waals surface area contributed by atoms with Crippen LogP contribution in [0.2, 0.25) is 0 Å². The molecule has 1 fully saturated rings. The van der Waals surface area contributed by atoms with Crippen molar-refractivity contribution in [3.05, 3.63) is 65.0 Å². The molecule has 0 aliphatic heterocycles. The first-order valence-corrected chi connectivity index (χ1v) is 8.09. The van der Waals surface area contributed by atoms with E-state index in [-0.39, 0.29) is 5.43 Å². The first kappa shape index (κ1) is 14.1. The van der Waals surface area contributed by atoms with Crippen molar-refractivity contribution in [2.75, 3.05) is 0 Å². The van der Waals surface area contributed by atoms with Crippen molar-refractivity contribution < 1.29 is 9.15 Å². The second kappa shape index (κ2) is 5.92. The van der Waals surface area contributed by atoms with Crippen molar-refractivity contribution in [3.63, 3.8) is 0 Å². The topological polar surface area (TPSA) is 39.4 Å². The van der Waals surface area contributed by atoms with Crippen LogP contribution in [0.5, 0.6) is 5.75 Å². The van der Waals surface area contributed by atoms with Gasteiger partial charge in [-0.05, 0) is 43.4 Å². The monoisotopic (exact) mass is 306 g/mol. The van der Waals surface area contributed by atoms with Crippen molar-refractivity contribution in [1.29, 1.82) is 0 Å². The molecule has 0 N–H and O–H groups in total. The van der Waals surface area contributed by atoms with Crippen LogP contribution in [0.1, 0.15) is 25.7 Å². The lowest BCUT2D eigenvalue weighted by Crippen LogP contribution is -2.11. The maximum Gasteiger partial charge on any atom is 0.200 e. The van der Waals surface area contributed by atoms with E-state index < -0.39 is 0 Å². The molecule has 0 radical (unpaired) electrons. The molecule has 3 aromatic rings. The molecule has 116 valence electrons. The summed E-state index contributed by atoms with van der Waals surface area (Å²) in [5.74, 6) is 0.778. The zero-order chi connectivity index (χ0) is 15.6. The van der Waals surface area contributed by atoms with E-state index in [1.54, 1.807) is 12.3 Å². The third-order valence-electron chi connectivity index (χ3n) is 4.44. The summed E-state index contributed by atoms with van der Waals surface area (Å²) in [6.45, 7) is 0. The second-order valence-electron chi connectivity index (χ2n) is 6.03. The molecule has 0 bridgehead atoms. The Kier molecular flexibility index (Phi) is 3.62. The minimum Gasteiger partial charge on any atom is -0.490 e. The molecule has 0 amide bonds. The number of ether oxygens (including phenoxy) is 1. The molecular formula is C20H18O3. The van der Waals surface area contributed by atoms with E-state index in [4.69, 9.17) is 9.15 Å². The van der Waals surface area contributed by atoms with Crippen LogP contribution in [-0.4, -0.2) is 6.10 Å². The van der Waals surface area contributed by atoms with Crippen LogP contribution in [0, 0.1) is 0 Å². The van der Waals surface area contributed by atoms with Gasteiger partial charge in [0.1, 0.15) is 17.6 Å². The summed E-state index contributed by atoms with van der Waals surface area (Å²) in [6, 6.07) is 15.1. The van der Waals surface area contributed by atoms with Gasteiger partial charge in [0.15, 0.2) is 5.43 Å². The van der Waals surface area contributed by atoms with Gasteiger partial charge in [0.05, 0.1) is 17.1 Å². The van der Waals surface area contributed by atoms with Gasteiger partial charge in [-0.25, -0.2) is 0 Å². The first-order valence-electron chi connectivity index (χ1n) is 8.09. The van der Waals surface area contributed by atoms with E-state index in [9.17, 15) is 4.79 Å². The van der Waals surface area contributed by atoms with E-state index >= 15 is 0 Å². The Labute approximate surface area is 134 Å². The lowest BCUT2D eigenvalue weighted by atomic mass is 10.1. The van der Waals surface area contributed by atoms with Gasteiger partial charge >= 0.3 is 0 Å². The van der Waals surface area contributed by atoms with Crippen LogP contribution in [0.4, 0.5) is 0 Å². The Balaban J connectivity index is 1.72. The highest BCUT2D eigenvalue weighted by Crippen LogP contribution is 2.27. The van der Waals surface area contributed by atoms with Crippen LogP contribution in [0.25, 0.3) is 22.1 Å². The van der Waals surface area contributed by atoms with Crippen LogP contribution >= 0.6 is 0 Å². The lowest BCUT2D eigenvalue weighted by Gasteiger charge is -2.13. The third-order valence-corrected chi connectivity index (χ3v) is 4.44. The number of rotatable bonds is 3. The maximum atomic E-state index is 12.7. The van der Waals surface area contributed by atoms with Gasteiger partial charge in [0.2, 0.25) is 0 Å². The zero-order valence-electron chi connectivity index (χ0n) is 12.8. The highest BCUT2D eigenvalue weighted by atomic mass is 16.5. The summed E-state index contributed by atoms with van der Waals surface area (Å²) in [7, 11) is 0. The summed E-state index contributed by atoms with van der Waals surface area (Å²) in [4.78, 5) is 12.7. The molecule has 4 rings (SSSR count). The van der Waals surface area contributed by atoms with Gasteiger partial charge in [-0.3, -0.25) is 4.79 Å². The zero-order valence-corrected chi connectivity index (χ0v) is 12.8. The Morgan fingerprint density at radius 1 is 1.00 bits per heavy atom. The Hall–Kier alpha value is -2.55. The molecule has 1 heterocycles. The molecule has 23 heavy (non-hydrogen) atoms. The fourth-order valence-corrected chi connectivity index (χ4v) is 3.20. The fourth-order valence-electron chi connectivity index (χ4n) is 3.20. The molecule has 2 aromatic carbocycles. The molecule has 3 heteroatoms. The normalized spacial score (nSPS) is 15.1. The van der Waals surface area contributed by atoms with Gasteiger partial charge < -0.3 is 9.15 Å². The Morgan fingerprint density at radius 2 is 1.78 bits per heavy atom. The van der Waals surface area contributed by atoms with Crippen LogP contribution in [0.3, 0.4) is 0 Å². The molecule has 1 aliphatic carbocycles. The highest BCUT2D eigenvalue weighted by molar-refractivity contribution is 5.82. The molecule has 3 nitrogen and oxygen atoms in total. The number of benzene rings is 2. The Morgan fingerprint density at radius 3 is 2.57 bits per heavy atom. The second-order valence-corrected chi connectivity index (χ2v) is 6.03. The molecule has 1 aliphatic rings. The fraction of sp³-hybridized carbons (Fsp3) is 0.250. The molecular weight excluding hydrogens is 288 g/mol. The Bertz CT molecular complexity index is 874. The van der Waals surface area contributed by atoms with Crippen LogP contribution in [-0.2, 0) is 0 Å². The van der Waals surface area contributed by atoms with Gasteiger partial charge in [-0.2, -0.15) is 0 Å². The van der Waals surface area contributed by atoms with E-state index in [1.807, 2.05) is 42.5 Å². The number of hydrogen-bond acceptors (Lipinski definition) is 3. The van der Waals surface area contributed by atoms with Gasteiger partial charge in [0.25, 0.3) is 0 Å². The summed E-state index contributed by atoms with van der Waals surface area (Å²) in [6.07, 6.45) is 6.51. The minimum atomic E-state index is -0.00938. The average Bonchev–Trinajstić information content (AvgIpc) is 3.09. The van der Waals surface area contributed by atoms with Crippen LogP contribution < -0.4 is 10.2 Å². The molecule has 0 unspecified atom stereocenters. The van der Waals surface area contributed by atoms with Crippen molar-refractivity contribution in [2.24, 2.45) is 0 Å². The highest BCUT2D eigenvalue weighted by Gasteiger charge is 2.17. The predicted octanol–water partition coefficient (Wildman–Crippen LogP) is 4.78. The summed E-state index contributed by atoms with van der Waals surface area (Å²) >= 11 is 0. The largest absolute Gasteiger partial charge is 0.490 e. The third kappa shape index (κ3) is 2.74. The first-order chi connectivity index (χ1) is 11.3. The smallest absolute Gasteiger partial charge is 0.200 e. The average molecular weight is 306 g/mol. The number of hydrogen-bond donors (Lipinski definition) is 0. The molecule has 1 saturated carbocycles. The van der Waals surface area contributed by atoms with Gasteiger partial charge in [0, 0.05) is 6.07 Å². The van der Waals surface area contributed by atoms with Crippen LogP contribution in [0.15, 0.2) is 64.0 Å². The van der Waals surface area contributed by atoms with E-state index in [0.29, 0.717) is 22.6 Å². The predicted molar refractivity (Wildman–Crippen MR) is 90.8 cm³/mol. The summed E-state index contributed by atoms with van der Waals surface area (Å²) in [5, 5.41) is 0.588. The van der Waals surface area contributed by atoms with E-state index in [0.717, 1.165) is 24.2 Å². The van der Waals surface area contributed by atoms with Crippen molar-refractivity contribution in [3.8, 4) is 16.9 Å². The molecule has 0 saturated heterocycles. The molecule has 0 atom stereocenters. The lowest BCUT2D eigenvalue weighted by molar-refractivity contribution is 0.210. The molecule has 0 spiro atoms. The molecule has 1 aromatic heterocycles. The number of fused-ring (bicyclic) bond motifs is 1. The summed E-state index contributed by atoms with van der Waals surface area (Å²) < 4.78 is 11.7. The van der Waals surface area contributed by atoms with Crippen molar-refractivity contribution in [2.45, 2.75) is 31.8 Å². The quantitative estimate of drug-likeness (QED) is 0.699. The SMILES string of the molecule is O=c1c(-c2ccccc2)coc2cc(OC3CCCC3)ccc12.